The van der Waals surface area contributed by atoms with E-state index in [1.165, 1.54) is 10.0 Å². The van der Waals surface area contributed by atoms with E-state index in [-0.39, 0.29) is 5.60 Å². The number of hydrogen-bond acceptors (Lipinski definition) is 2. The van der Waals surface area contributed by atoms with Gasteiger partial charge in [-0.2, -0.15) is 0 Å². The Kier molecular flexibility index (Phi) is 6.17. The van der Waals surface area contributed by atoms with Crippen LogP contribution in [-0.4, -0.2) is 19.5 Å². The highest BCUT2D eigenvalue weighted by atomic mass is 79.9. The van der Waals surface area contributed by atoms with Crippen molar-refractivity contribution in [1.29, 1.82) is 0 Å². The van der Waals surface area contributed by atoms with Gasteiger partial charge in [0.05, 0.1) is 5.60 Å². The van der Waals surface area contributed by atoms with E-state index < -0.39 is 0 Å². The Balaban J connectivity index is 2.35. The second kappa shape index (κ2) is 7.14. The van der Waals surface area contributed by atoms with Gasteiger partial charge in [-0.1, -0.05) is 34.1 Å². The molecule has 0 heterocycles. The molecule has 0 saturated carbocycles. The van der Waals surface area contributed by atoms with E-state index in [1.54, 1.807) is 7.11 Å². The van der Waals surface area contributed by atoms with E-state index in [1.807, 2.05) is 6.07 Å². The molecule has 3 heteroatoms. The molecule has 1 aromatic rings. The molecular formula is C14H21BrO2. The van der Waals surface area contributed by atoms with Crippen molar-refractivity contribution in [3.05, 3.63) is 34.3 Å². The molecule has 1 rings (SSSR count). The van der Waals surface area contributed by atoms with Gasteiger partial charge < -0.3 is 9.47 Å². The number of aryl methyl sites for hydroxylation is 1. The first-order chi connectivity index (χ1) is 8.05. The first kappa shape index (κ1) is 14.7. The highest BCUT2D eigenvalue weighted by Crippen LogP contribution is 2.22. The van der Waals surface area contributed by atoms with Gasteiger partial charge in [0.2, 0.25) is 0 Å². The number of methoxy groups -OCH3 is 1. The fourth-order valence-electron chi connectivity index (χ4n) is 1.70. The van der Waals surface area contributed by atoms with Gasteiger partial charge in [-0.25, -0.2) is 0 Å². The van der Waals surface area contributed by atoms with Crippen LogP contribution in [0, 0.1) is 0 Å². The minimum absolute atomic E-state index is 0.114. The highest BCUT2D eigenvalue weighted by molar-refractivity contribution is 9.10. The molecule has 2 nitrogen and oxygen atoms in total. The lowest BCUT2D eigenvalue weighted by Crippen LogP contribution is -2.25. The van der Waals surface area contributed by atoms with Crippen LogP contribution in [0.5, 0.6) is 0 Å². The van der Waals surface area contributed by atoms with E-state index in [2.05, 4.69) is 48.0 Å². The number of benzene rings is 1. The first-order valence-corrected chi connectivity index (χ1v) is 6.71. The van der Waals surface area contributed by atoms with Crippen LogP contribution in [-0.2, 0) is 15.9 Å². The summed E-state index contributed by atoms with van der Waals surface area (Å²) >= 11 is 3.57. The highest BCUT2D eigenvalue weighted by Gasteiger charge is 2.17. The van der Waals surface area contributed by atoms with Gasteiger partial charge in [-0.3, -0.25) is 0 Å². The van der Waals surface area contributed by atoms with Crippen LogP contribution in [0.15, 0.2) is 28.7 Å². The molecule has 0 aliphatic carbocycles. The third-order valence-electron chi connectivity index (χ3n) is 2.75. The smallest absolute Gasteiger partial charge is 0.147 e. The molecule has 0 amide bonds. The molecule has 0 unspecified atom stereocenters. The molecule has 0 aliphatic heterocycles. The topological polar surface area (TPSA) is 18.5 Å². The van der Waals surface area contributed by atoms with Crippen LogP contribution in [0.3, 0.4) is 0 Å². The van der Waals surface area contributed by atoms with Crippen molar-refractivity contribution >= 4 is 15.9 Å². The average Bonchev–Trinajstić information content (AvgIpc) is 2.29. The summed E-state index contributed by atoms with van der Waals surface area (Å²) in [6, 6.07) is 8.36. The minimum atomic E-state index is -0.114. The van der Waals surface area contributed by atoms with E-state index >= 15 is 0 Å². The summed E-state index contributed by atoms with van der Waals surface area (Å²) in [4.78, 5) is 0. The molecule has 0 aliphatic rings. The van der Waals surface area contributed by atoms with Gasteiger partial charge in [0, 0.05) is 11.6 Å². The Morgan fingerprint density at radius 2 is 1.94 bits per heavy atom. The molecule has 0 spiro atoms. The molecule has 17 heavy (non-hydrogen) atoms. The molecule has 0 saturated heterocycles. The fraction of sp³-hybridized carbons (Fsp3) is 0.571. The van der Waals surface area contributed by atoms with Gasteiger partial charge in [0.15, 0.2) is 0 Å². The Bertz CT molecular complexity index is 337. The van der Waals surface area contributed by atoms with E-state index in [4.69, 9.17) is 9.47 Å². The molecule has 0 atom stereocenters. The van der Waals surface area contributed by atoms with Gasteiger partial charge in [-0.15, -0.1) is 0 Å². The third kappa shape index (κ3) is 5.66. The van der Waals surface area contributed by atoms with Crippen LogP contribution < -0.4 is 0 Å². The van der Waals surface area contributed by atoms with Crippen LogP contribution in [0.4, 0.5) is 0 Å². The van der Waals surface area contributed by atoms with E-state index in [9.17, 15) is 0 Å². The molecule has 0 radical (unpaired) electrons. The number of rotatable bonds is 7. The molecule has 0 N–H and O–H groups in total. The molecule has 0 bridgehead atoms. The first-order valence-electron chi connectivity index (χ1n) is 5.91. The van der Waals surface area contributed by atoms with Crippen molar-refractivity contribution in [2.45, 2.75) is 38.7 Å². The lowest BCUT2D eigenvalue weighted by atomic mass is 9.99. The fourth-order valence-corrected chi connectivity index (χ4v) is 2.18. The summed E-state index contributed by atoms with van der Waals surface area (Å²) in [6.45, 7) is 4.57. The Hall–Kier alpha value is -0.380. The minimum Gasteiger partial charge on any atom is -0.359 e. The predicted octanol–water partition coefficient (Wildman–Crippen LogP) is 4.17. The van der Waals surface area contributed by atoms with Gasteiger partial charge in [0.25, 0.3) is 0 Å². The lowest BCUT2D eigenvalue weighted by Gasteiger charge is -2.24. The summed E-state index contributed by atoms with van der Waals surface area (Å²) < 4.78 is 11.7. The second-order valence-electron chi connectivity index (χ2n) is 4.76. The van der Waals surface area contributed by atoms with Crippen molar-refractivity contribution in [1.82, 2.24) is 0 Å². The van der Waals surface area contributed by atoms with Crippen molar-refractivity contribution in [3.63, 3.8) is 0 Å². The van der Waals surface area contributed by atoms with Crippen molar-refractivity contribution in [3.8, 4) is 0 Å². The van der Waals surface area contributed by atoms with Crippen molar-refractivity contribution in [2.75, 3.05) is 13.9 Å². The normalized spacial score (nSPS) is 11.8. The molecule has 96 valence electrons. The zero-order valence-electron chi connectivity index (χ0n) is 10.8. The lowest BCUT2D eigenvalue weighted by molar-refractivity contribution is -0.117. The predicted molar refractivity (Wildman–Crippen MR) is 74.1 cm³/mol. The Morgan fingerprint density at radius 3 is 2.59 bits per heavy atom. The van der Waals surface area contributed by atoms with Crippen LogP contribution in [0.25, 0.3) is 0 Å². The maximum atomic E-state index is 5.61. The quantitative estimate of drug-likeness (QED) is 0.704. The third-order valence-corrected chi connectivity index (χ3v) is 3.52. The summed E-state index contributed by atoms with van der Waals surface area (Å²) in [7, 11) is 1.65. The summed E-state index contributed by atoms with van der Waals surface area (Å²) in [6.07, 6.45) is 3.21. The summed E-state index contributed by atoms with van der Waals surface area (Å²) in [5.74, 6) is 0. The maximum Gasteiger partial charge on any atom is 0.147 e. The molecule has 0 fully saturated rings. The zero-order valence-corrected chi connectivity index (χ0v) is 12.4. The second-order valence-corrected chi connectivity index (χ2v) is 5.61. The number of halogens is 1. The summed E-state index contributed by atoms with van der Waals surface area (Å²) in [5.41, 5.74) is 1.24. The number of ether oxygens (including phenoxy) is 2. The summed E-state index contributed by atoms with van der Waals surface area (Å²) in [5, 5.41) is 0. The van der Waals surface area contributed by atoms with Gasteiger partial charge in [0.1, 0.15) is 6.79 Å². The Morgan fingerprint density at radius 1 is 1.24 bits per heavy atom. The molecular weight excluding hydrogens is 280 g/mol. The SMILES string of the molecule is COCOC(C)(C)CCCc1ccccc1Br. The molecule has 0 aromatic heterocycles. The van der Waals surface area contributed by atoms with Crippen LogP contribution in [0.2, 0.25) is 0 Å². The monoisotopic (exact) mass is 300 g/mol. The van der Waals surface area contributed by atoms with Gasteiger partial charge in [-0.05, 0) is 44.7 Å². The van der Waals surface area contributed by atoms with Crippen LogP contribution in [0.1, 0.15) is 32.3 Å². The standard InChI is InChI=1S/C14H21BrO2/c1-14(2,17-11-16-3)10-6-8-12-7-4-5-9-13(12)15/h4-5,7,9H,6,8,10-11H2,1-3H3. The molecule has 1 aromatic carbocycles. The van der Waals surface area contributed by atoms with E-state index in [0.717, 1.165) is 19.3 Å². The number of hydrogen-bond donors (Lipinski definition) is 0. The van der Waals surface area contributed by atoms with Gasteiger partial charge >= 0.3 is 0 Å². The Labute approximate surface area is 112 Å². The van der Waals surface area contributed by atoms with Crippen LogP contribution >= 0.6 is 15.9 Å². The zero-order chi connectivity index (χ0) is 12.7. The van der Waals surface area contributed by atoms with E-state index in [0.29, 0.717) is 6.79 Å². The average molecular weight is 301 g/mol. The maximum absolute atomic E-state index is 5.61. The van der Waals surface area contributed by atoms with Crippen molar-refractivity contribution < 1.29 is 9.47 Å². The largest absolute Gasteiger partial charge is 0.359 e. The van der Waals surface area contributed by atoms with Crippen molar-refractivity contribution in [2.24, 2.45) is 0 Å².